The molecule has 4 aromatic rings. The van der Waals surface area contributed by atoms with E-state index in [0.29, 0.717) is 12.1 Å². The van der Waals surface area contributed by atoms with E-state index in [0.717, 1.165) is 29.7 Å². The number of hydrogen-bond acceptors (Lipinski definition) is 3. The van der Waals surface area contributed by atoms with E-state index in [4.69, 9.17) is 4.74 Å². The quantitative estimate of drug-likeness (QED) is 0.295. The smallest absolute Gasteiger partial charge is 0.147 e. The van der Waals surface area contributed by atoms with Crippen LogP contribution in [-0.4, -0.2) is 58.3 Å². The van der Waals surface area contributed by atoms with E-state index in [1.807, 2.05) is 29.0 Å². The maximum atomic E-state index is 14.6. The third kappa shape index (κ3) is 4.82. The molecule has 0 saturated carbocycles. The van der Waals surface area contributed by atoms with Crippen LogP contribution in [0.2, 0.25) is 0 Å². The van der Waals surface area contributed by atoms with Gasteiger partial charge < -0.3 is 18.8 Å². The van der Waals surface area contributed by atoms with Crippen molar-refractivity contribution in [2.75, 3.05) is 28.3 Å². The predicted octanol–water partition coefficient (Wildman–Crippen LogP) is 5.99. The van der Waals surface area contributed by atoms with Gasteiger partial charge >= 0.3 is 0 Å². The van der Waals surface area contributed by atoms with Gasteiger partial charge in [0, 0.05) is 53.9 Å². The van der Waals surface area contributed by atoms with Gasteiger partial charge in [0.2, 0.25) is 0 Å². The van der Waals surface area contributed by atoms with Gasteiger partial charge in [-0.2, -0.15) is 0 Å². The number of likely N-dealkylation sites (N-methyl/N-ethyl adjacent to an activating group) is 2. The average Bonchev–Trinajstić information content (AvgIpc) is 3.35. The van der Waals surface area contributed by atoms with Crippen LogP contribution in [0.1, 0.15) is 33.3 Å². The molecule has 2 heterocycles. The highest BCUT2D eigenvalue weighted by Gasteiger charge is 2.28. The molecule has 0 aliphatic rings. The van der Waals surface area contributed by atoms with Gasteiger partial charge in [-0.05, 0) is 72.6 Å². The third-order valence-corrected chi connectivity index (χ3v) is 7.67. The minimum Gasteiger partial charge on any atom is -0.495 e. The molecule has 0 spiro atoms. The second kappa shape index (κ2) is 9.32. The molecule has 2 aromatic carbocycles. The summed E-state index contributed by atoms with van der Waals surface area (Å²) in [5.41, 5.74) is 2.83. The Kier molecular flexibility index (Phi) is 6.73. The number of para-hydroxylation sites is 2. The van der Waals surface area contributed by atoms with Crippen molar-refractivity contribution in [3.05, 3.63) is 66.2 Å². The van der Waals surface area contributed by atoms with Gasteiger partial charge in [-0.1, -0.05) is 24.3 Å². The lowest BCUT2D eigenvalue weighted by Gasteiger charge is -2.36. The summed E-state index contributed by atoms with van der Waals surface area (Å²) in [6.07, 6.45) is 4.26. The number of hydrogen-bond donors (Lipinski definition) is 0. The molecule has 0 unspecified atom stereocenters. The number of halogens is 1. The van der Waals surface area contributed by atoms with E-state index in [9.17, 15) is 4.39 Å². The summed E-state index contributed by atoms with van der Waals surface area (Å²) < 4.78 is 24.7. The molecular formula is C29H39FN4O. The lowest BCUT2D eigenvalue weighted by Crippen LogP contribution is -2.44. The van der Waals surface area contributed by atoms with Gasteiger partial charge in [0.05, 0.1) is 18.1 Å². The van der Waals surface area contributed by atoms with Crippen LogP contribution in [0.4, 0.5) is 4.39 Å². The number of nitrogens with zero attached hydrogens (tertiary/aromatic N) is 4. The Morgan fingerprint density at radius 2 is 1.54 bits per heavy atom. The summed E-state index contributed by atoms with van der Waals surface area (Å²) in [7, 11) is 8.12. The second-order valence-electron chi connectivity index (χ2n) is 11.1. The zero-order valence-corrected chi connectivity index (χ0v) is 22.4. The van der Waals surface area contributed by atoms with Gasteiger partial charge in [-0.25, -0.2) is 4.39 Å². The summed E-state index contributed by atoms with van der Waals surface area (Å²) in [4.78, 5) is 4.61. The standard InChI is InChI=1S/C29H39FN4O/c1-28(2,31(5)6)19-34-18-22(23-12-10-14-25(35-8)27(23)34)17-32(7)29(3,4)20-33-16-15-21-11-9-13-24(30)26(21)33/h9-16,18H,17,19-20H2,1-8H3. The number of benzene rings is 2. The highest BCUT2D eigenvalue weighted by Crippen LogP contribution is 2.33. The van der Waals surface area contributed by atoms with E-state index in [2.05, 4.69) is 81.5 Å². The molecule has 0 saturated heterocycles. The van der Waals surface area contributed by atoms with E-state index < -0.39 is 0 Å². The molecule has 0 radical (unpaired) electrons. The summed E-state index contributed by atoms with van der Waals surface area (Å²) in [5.74, 6) is 0.712. The van der Waals surface area contributed by atoms with Crippen LogP contribution in [0.25, 0.3) is 21.8 Å². The Balaban J connectivity index is 1.66. The first kappa shape index (κ1) is 25.3. The fourth-order valence-electron chi connectivity index (χ4n) is 4.73. The van der Waals surface area contributed by atoms with Gasteiger partial charge in [-0.15, -0.1) is 0 Å². The molecule has 0 N–H and O–H groups in total. The zero-order chi connectivity index (χ0) is 25.5. The van der Waals surface area contributed by atoms with Crippen molar-refractivity contribution in [3.8, 4) is 5.75 Å². The molecule has 6 heteroatoms. The van der Waals surface area contributed by atoms with Crippen LogP contribution in [0.3, 0.4) is 0 Å². The first-order chi connectivity index (χ1) is 16.4. The molecule has 0 amide bonds. The molecule has 188 valence electrons. The lowest BCUT2D eigenvalue weighted by molar-refractivity contribution is 0.128. The Morgan fingerprint density at radius 3 is 2.23 bits per heavy atom. The fourth-order valence-corrected chi connectivity index (χ4v) is 4.73. The van der Waals surface area contributed by atoms with Gasteiger partial charge in [0.1, 0.15) is 11.6 Å². The minimum atomic E-state index is -0.204. The van der Waals surface area contributed by atoms with Crippen LogP contribution in [-0.2, 0) is 19.6 Å². The molecule has 0 fully saturated rings. The van der Waals surface area contributed by atoms with Gasteiger partial charge in [0.15, 0.2) is 0 Å². The Morgan fingerprint density at radius 1 is 0.857 bits per heavy atom. The number of methoxy groups -OCH3 is 1. The SMILES string of the molecule is COc1cccc2c(CN(C)C(C)(C)Cn3ccc4cccc(F)c43)cn(CC(C)(C)N(C)C)c12. The summed E-state index contributed by atoms with van der Waals surface area (Å²) >= 11 is 0. The number of fused-ring (bicyclic) bond motifs is 2. The summed E-state index contributed by atoms with van der Waals surface area (Å²) in [5, 5.41) is 2.14. The van der Waals surface area contributed by atoms with Crippen molar-refractivity contribution in [1.82, 2.24) is 18.9 Å². The Bertz CT molecular complexity index is 1330. The molecule has 0 atom stereocenters. The molecule has 2 aromatic heterocycles. The van der Waals surface area contributed by atoms with Crippen LogP contribution in [0.15, 0.2) is 54.9 Å². The van der Waals surface area contributed by atoms with Crippen LogP contribution in [0.5, 0.6) is 5.75 Å². The van der Waals surface area contributed by atoms with Crippen molar-refractivity contribution < 1.29 is 9.13 Å². The topological polar surface area (TPSA) is 25.6 Å². The highest BCUT2D eigenvalue weighted by molar-refractivity contribution is 5.89. The van der Waals surface area contributed by atoms with Crippen LogP contribution < -0.4 is 4.74 Å². The molecule has 0 bridgehead atoms. The summed E-state index contributed by atoms with van der Waals surface area (Å²) in [6, 6.07) is 13.5. The monoisotopic (exact) mass is 478 g/mol. The van der Waals surface area contributed by atoms with E-state index >= 15 is 0 Å². The number of aromatic nitrogens is 2. The van der Waals surface area contributed by atoms with Crippen molar-refractivity contribution in [3.63, 3.8) is 0 Å². The maximum absolute atomic E-state index is 14.6. The Labute approximate surface area is 208 Å². The molecular weight excluding hydrogens is 439 g/mol. The molecule has 0 aliphatic heterocycles. The Hall–Kier alpha value is -2.83. The average molecular weight is 479 g/mol. The minimum absolute atomic E-state index is 0.0191. The van der Waals surface area contributed by atoms with Crippen molar-refractivity contribution >= 4 is 21.8 Å². The molecule has 5 nitrogen and oxygen atoms in total. The normalized spacial score (nSPS) is 13.0. The van der Waals surface area contributed by atoms with Crippen molar-refractivity contribution in [2.45, 2.75) is 58.4 Å². The molecule has 35 heavy (non-hydrogen) atoms. The van der Waals surface area contributed by atoms with E-state index in [1.165, 1.54) is 17.0 Å². The molecule has 4 rings (SSSR count). The first-order valence-corrected chi connectivity index (χ1v) is 12.2. The second-order valence-corrected chi connectivity index (χ2v) is 11.1. The predicted molar refractivity (Wildman–Crippen MR) is 144 cm³/mol. The summed E-state index contributed by atoms with van der Waals surface area (Å²) in [6.45, 7) is 11.2. The number of ether oxygens (including phenoxy) is 1. The number of rotatable bonds is 9. The van der Waals surface area contributed by atoms with Crippen LogP contribution in [0, 0.1) is 5.82 Å². The third-order valence-electron chi connectivity index (χ3n) is 7.67. The van der Waals surface area contributed by atoms with E-state index in [1.54, 1.807) is 13.2 Å². The zero-order valence-electron chi connectivity index (χ0n) is 22.4. The first-order valence-electron chi connectivity index (χ1n) is 12.2. The highest BCUT2D eigenvalue weighted by atomic mass is 19.1. The van der Waals surface area contributed by atoms with Crippen molar-refractivity contribution in [1.29, 1.82) is 0 Å². The van der Waals surface area contributed by atoms with Crippen LogP contribution >= 0.6 is 0 Å². The maximum Gasteiger partial charge on any atom is 0.147 e. The van der Waals surface area contributed by atoms with Crippen molar-refractivity contribution in [2.24, 2.45) is 0 Å². The van der Waals surface area contributed by atoms with Gasteiger partial charge in [-0.3, -0.25) is 4.90 Å². The van der Waals surface area contributed by atoms with Gasteiger partial charge in [0.25, 0.3) is 0 Å². The fraction of sp³-hybridized carbons (Fsp3) is 0.448. The lowest BCUT2D eigenvalue weighted by atomic mass is 10.0. The largest absolute Gasteiger partial charge is 0.495 e. The molecule has 0 aliphatic carbocycles. The van der Waals surface area contributed by atoms with E-state index in [-0.39, 0.29) is 16.9 Å².